The normalized spacial score (nSPS) is 21.9. The van der Waals surface area contributed by atoms with Gasteiger partial charge in [0.1, 0.15) is 0 Å². The molecule has 4 heteroatoms. The fraction of sp³-hybridized carbons (Fsp3) is 0.562. The minimum atomic E-state index is -0.379. The van der Waals surface area contributed by atoms with Gasteiger partial charge in [0, 0.05) is 20.1 Å². The molecule has 1 saturated heterocycles. The lowest BCUT2D eigenvalue weighted by Gasteiger charge is -2.21. The van der Waals surface area contributed by atoms with Crippen LogP contribution in [0.25, 0.3) is 0 Å². The van der Waals surface area contributed by atoms with E-state index in [2.05, 4.69) is 29.6 Å². The van der Waals surface area contributed by atoms with E-state index in [0.29, 0.717) is 13.0 Å². The highest BCUT2D eigenvalue weighted by atomic mass is 16.3. The smallest absolute Gasteiger partial charge is 0.239 e. The van der Waals surface area contributed by atoms with E-state index in [4.69, 9.17) is 0 Å². The van der Waals surface area contributed by atoms with Crippen molar-refractivity contribution in [3.63, 3.8) is 0 Å². The van der Waals surface area contributed by atoms with E-state index < -0.39 is 0 Å². The summed E-state index contributed by atoms with van der Waals surface area (Å²) in [7, 11) is 1.84. The second-order valence-corrected chi connectivity index (χ2v) is 5.55. The molecule has 1 amide bonds. The molecule has 1 aromatic rings. The van der Waals surface area contributed by atoms with Crippen LogP contribution in [0.15, 0.2) is 30.3 Å². The third-order valence-corrected chi connectivity index (χ3v) is 3.83. The number of aryl methyl sites for hydroxylation is 1. The molecule has 2 unspecified atom stereocenters. The molecule has 4 nitrogen and oxygen atoms in total. The summed E-state index contributed by atoms with van der Waals surface area (Å²) in [4.78, 5) is 13.9. The van der Waals surface area contributed by atoms with Crippen LogP contribution < -0.4 is 5.32 Å². The van der Waals surface area contributed by atoms with Gasteiger partial charge in [-0.3, -0.25) is 4.79 Å². The van der Waals surface area contributed by atoms with E-state index in [1.54, 1.807) is 4.90 Å². The van der Waals surface area contributed by atoms with Crippen LogP contribution >= 0.6 is 0 Å². The Morgan fingerprint density at radius 2 is 2.10 bits per heavy atom. The number of carbonyl (C=O) groups excluding carboxylic acids is 1. The average Bonchev–Trinajstić information content (AvgIpc) is 2.90. The first-order valence-corrected chi connectivity index (χ1v) is 7.37. The number of likely N-dealkylation sites (N-methyl/N-ethyl adjacent to an activating group) is 1. The van der Waals surface area contributed by atoms with Crippen LogP contribution in [0, 0.1) is 0 Å². The van der Waals surface area contributed by atoms with Crippen molar-refractivity contribution in [2.24, 2.45) is 0 Å². The van der Waals surface area contributed by atoms with Crippen molar-refractivity contribution in [2.45, 2.75) is 37.8 Å². The quantitative estimate of drug-likeness (QED) is 0.767. The average molecular weight is 276 g/mol. The number of benzene rings is 1. The zero-order chi connectivity index (χ0) is 14.4. The van der Waals surface area contributed by atoms with Crippen LogP contribution in [0.2, 0.25) is 0 Å². The van der Waals surface area contributed by atoms with E-state index in [1.807, 2.05) is 13.1 Å². The summed E-state index contributed by atoms with van der Waals surface area (Å²) in [6.45, 7) is 1.30. The van der Waals surface area contributed by atoms with Gasteiger partial charge in [-0.15, -0.1) is 0 Å². The monoisotopic (exact) mass is 276 g/mol. The van der Waals surface area contributed by atoms with Crippen LogP contribution in [0.1, 0.15) is 24.8 Å². The Labute approximate surface area is 120 Å². The first-order valence-electron chi connectivity index (χ1n) is 7.37. The van der Waals surface area contributed by atoms with E-state index in [9.17, 15) is 9.90 Å². The molecule has 1 aliphatic heterocycles. The number of aliphatic hydroxyl groups excluding tert-OH is 1. The van der Waals surface area contributed by atoms with E-state index >= 15 is 0 Å². The standard InChI is InChI=1S/C16H24N2O2/c1-18(16(20)15-11-14(19)12-17-15)10-6-5-9-13-7-3-2-4-8-13/h2-4,7-8,14-15,17,19H,5-6,9-12H2,1H3. The van der Waals surface area contributed by atoms with E-state index in [1.165, 1.54) is 5.56 Å². The number of carbonyl (C=O) groups is 1. The highest BCUT2D eigenvalue weighted by Crippen LogP contribution is 2.10. The number of unbranched alkanes of at least 4 members (excludes halogenated alkanes) is 1. The fourth-order valence-corrected chi connectivity index (χ4v) is 2.60. The van der Waals surface area contributed by atoms with Crippen LogP contribution in [0.3, 0.4) is 0 Å². The molecule has 2 atom stereocenters. The van der Waals surface area contributed by atoms with Gasteiger partial charge in [-0.25, -0.2) is 0 Å². The van der Waals surface area contributed by atoms with Crippen molar-refractivity contribution in [3.8, 4) is 0 Å². The van der Waals surface area contributed by atoms with Gasteiger partial charge in [0.2, 0.25) is 5.91 Å². The van der Waals surface area contributed by atoms with Crippen LogP contribution in [-0.4, -0.2) is 48.2 Å². The predicted molar refractivity (Wildman–Crippen MR) is 79.4 cm³/mol. The van der Waals surface area contributed by atoms with Crippen LogP contribution in [0.4, 0.5) is 0 Å². The van der Waals surface area contributed by atoms with Crippen molar-refractivity contribution in [3.05, 3.63) is 35.9 Å². The number of amides is 1. The Balaban J connectivity index is 1.65. The number of hydrogen-bond acceptors (Lipinski definition) is 3. The third kappa shape index (κ3) is 4.32. The van der Waals surface area contributed by atoms with Crippen LogP contribution in [-0.2, 0) is 11.2 Å². The van der Waals surface area contributed by atoms with Gasteiger partial charge in [-0.2, -0.15) is 0 Å². The Bertz CT molecular complexity index is 422. The maximum atomic E-state index is 12.1. The largest absolute Gasteiger partial charge is 0.392 e. The van der Waals surface area contributed by atoms with Gasteiger partial charge in [0.25, 0.3) is 0 Å². The molecule has 0 radical (unpaired) electrons. The number of rotatable bonds is 6. The Morgan fingerprint density at radius 1 is 1.35 bits per heavy atom. The minimum absolute atomic E-state index is 0.0984. The van der Waals surface area contributed by atoms with Crippen molar-refractivity contribution < 1.29 is 9.90 Å². The molecule has 0 aromatic heterocycles. The molecule has 1 aromatic carbocycles. The molecular weight excluding hydrogens is 252 g/mol. The number of nitrogens with one attached hydrogen (secondary N) is 1. The van der Waals surface area contributed by atoms with E-state index in [-0.39, 0.29) is 18.1 Å². The molecule has 1 aliphatic rings. The first kappa shape index (κ1) is 15.0. The predicted octanol–water partition coefficient (Wildman–Crippen LogP) is 1.19. The highest BCUT2D eigenvalue weighted by Gasteiger charge is 2.29. The second-order valence-electron chi connectivity index (χ2n) is 5.55. The molecule has 0 aliphatic carbocycles. The molecule has 0 spiro atoms. The molecule has 2 N–H and O–H groups in total. The number of hydrogen-bond donors (Lipinski definition) is 2. The molecule has 20 heavy (non-hydrogen) atoms. The zero-order valence-electron chi connectivity index (χ0n) is 12.1. The molecule has 110 valence electrons. The van der Waals surface area contributed by atoms with Crippen molar-refractivity contribution in [1.82, 2.24) is 10.2 Å². The molecule has 0 bridgehead atoms. The summed E-state index contributed by atoms with van der Waals surface area (Å²) >= 11 is 0. The van der Waals surface area contributed by atoms with Gasteiger partial charge in [-0.1, -0.05) is 30.3 Å². The summed E-state index contributed by atoms with van der Waals surface area (Å²) in [5, 5.41) is 12.5. The molecule has 1 fully saturated rings. The van der Waals surface area contributed by atoms with Crippen molar-refractivity contribution in [1.29, 1.82) is 0 Å². The SMILES string of the molecule is CN(CCCCc1ccccc1)C(=O)C1CC(O)CN1. The van der Waals surface area contributed by atoms with Gasteiger partial charge in [0.15, 0.2) is 0 Å². The number of aliphatic hydroxyl groups is 1. The third-order valence-electron chi connectivity index (χ3n) is 3.83. The van der Waals surface area contributed by atoms with Crippen molar-refractivity contribution >= 4 is 5.91 Å². The lowest BCUT2D eigenvalue weighted by molar-refractivity contribution is -0.132. The van der Waals surface area contributed by atoms with Gasteiger partial charge >= 0.3 is 0 Å². The Morgan fingerprint density at radius 3 is 2.75 bits per heavy atom. The van der Waals surface area contributed by atoms with Gasteiger partial charge in [-0.05, 0) is 31.2 Å². The number of β-amino-alcohol motifs (C(OH)–C–C–N with tert-alkyl or cyclic N) is 1. The summed E-state index contributed by atoms with van der Waals surface area (Å²) in [6.07, 6.45) is 3.31. The lowest BCUT2D eigenvalue weighted by Crippen LogP contribution is -2.41. The maximum absolute atomic E-state index is 12.1. The summed E-state index contributed by atoms with van der Waals surface area (Å²) in [5.74, 6) is 0.0984. The second kappa shape index (κ2) is 7.41. The molecular formula is C16H24N2O2. The zero-order valence-corrected chi connectivity index (χ0v) is 12.1. The minimum Gasteiger partial charge on any atom is -0.392 e. The molecule has 2 rings (SSSR count). The van der Waals surface area contributed by atoms with E-state index in [0.717, 1.165) is 25.8 Å². The summed E-state index contributed by atoms with van der Waals surface area (Å²) in [5.41, 5.74) is 1.35. The Hall–Kier alpha value is -1.39. The lowest BCUT2D eigenvalue weighted by atomic mass is 10.1. The molecule has 0 saturated carbocycles. The van der Waals surface area contributed by atoms with Gasteiger partial charge < -0.3 is 15.3 Å². The fourth-order valence-electron chi connectivity index (χ4n) is 2.60. The van der Waals surface area contributed by atoms with Gasteiger partial charge in [0.05, 0.1) is 12.1 Å². The summed E-state index contributed by atoms with van der Waals surface area (Å²) < 4.78 is 0. The Kier molecular flexibility index (Phi) is 5.56. The molecule has 1 heterocycles. The first-order chi connectivity index (χ1) is 9.66. The highest BCUT2D eigenvalue weighted by molar-refractivity contribution is 5.82. The van der Waals surface area contributed by atoms with Crippen LogP contribution in [0.5, 0.6) is 0 Å². The van der Waals surface area contributed by atoms with Crippen molar-refractivity contribution in [2.75, 3.05) is 20.1 Å². The number of nitrogens with zero attached hydrogens (tertiary/aromatic N) is 1. The maximum Gasteiger partial charge on any atom is 0.239 e. The topological polar surface area (TPSA) is 52.6 Å². The summed E-state index contributed by atoms with van der Waals surface area (Å²) in [6, 6.07) is 10.2.